The van der Waals surface area contributed by atoms with Crippen molar-refractivity contribution in [2.75, 3.05) is 11.9 Å². The van der Waals surface area contributed by atoms with Gasteiger partial charge in [-0.15, -0.1) is 0 Å². The summed E-state index contributed by atoms with van der Waals surface area (Å²) in [7, 11) is 0. The molecule has 1 aliphatic heterocycles. The van der Waals surface area contributed by atoms with Gasteiger partial charge < -0.3 is 10.1 Å². The first-order valence-electron chi connectivity index (χ1n) is 5.16. The van der Waals surface area contributed by atoms with E-state index in [4.69, 9.17) is 0 Å². The summed E-state index contributed by atoms with van der Waals surface area (Å²) in [5.41, 5.74) is 3.94. The molecule has 1 aromatic rings. The fraction of sp³-hybridized carbons (Fsp3) is 0.417. The highest BCUT2D eigenvalue weighted by molar-refractivity contribution is 5.65. The van der Waals surface area contributed by atoms with E-state index < -0.39 is 0 Å². The molecule has 2 heteroatoms. The largest absolute Gasteiger partial charge is 0.384 e. The summed E-state index contributed by atoms with van der Waals surface area (Å²) in [5.74, 6) is 0.383. The minimum Gasteiger partial charge on any atom is -0.384 e. The van der Waals surface area contributed by atoms with Crippen molar-refractivity contribution in [1.29, 1.82) is 0 Å². The molecule has 1 heterocycles. The van der Waals surface area contributed by atoms with Gasteiger partial charge in [0.15, 0.2) is 0 Å². The molecular formula is C12H15NO. The summed E-state index contributed by atoms with van der Waals surface area (Å²) >= 11 is 0. The van der Waals surface area contributed by atoms with Crippen LogP contribution in [-0.2, 0) is 11.2 Å². The molecule has 1 aliphatic rings. The van der Waals surface area contributed by atoms with Gasteiger partial charge in [-0.3, -0.25) is 0 Å². The van der Waals surface area contributed by atoms with E-state index in [2.05, 4.69) is 30.4 Å². The Labute approximate surface area is 84.3 Å². The van der Waals surface area contributed by atoms with Gasteiger partial charge in [-0.1, -0.05) is 25.1 Å². The second kappa shape index (κ2) is 3.82. The lowest BCUT2D eigenvalue weighted by Crippen LogP contribution is -2.02. The van der Waals surface area contributed by atoms with Crippen LogP contribution in [0.2, 0.25) is 0 Å². The summed E-state index contributed by atoms with van der Waals surface area (Å²) in [6.45, 7) is 3.06. The van der Waals surface area contributed by atoms with Gasteiger partial charge in [0.05, 0.1) is 0 Å². The Morgan fingerprint density at radius 2 is 2.43 bits per heavy atom. The van der Waals surface area contributed by atoms with Crippen LogP contribution in [0, 0.1) is 0 Å². The molecule has 14 heavy (non-hydrogen) atoms. The topological polar surface area (TPSA) is 29.1 Å². The van der Waals surface area contributed by atoms with E-state index >= 15 is 0 Å². The summed E-state index contributed by atoms with van der Waals surface area (Å²) in [5, 5.41) is 3.40. The van der Waals surface area contributed by atoms with Gasteiger partial charge >= 0.3 is 0 Å². The maximum Gasteiger partial charge on any atom is 0.120 e. The Kier molecular flexibility index (Phi) is 2.53. The maximum atomic E-state index is 10.5. The smallest absolute Gasteiger partial charge is 0.120 e. The standard InChI is InChI=1S/C12H15NO/c1-2-9-4-3-5-11-10(6-7-14)8-13-12(9)11/h3-5,7,10,13H,2,6,8H2,1H3. The molecule has 74 valence electrons. The van der Waals surface area contributed by atoms with E-state index in [1.807, 2.05) is 0 Å². The molecule has 2 nitrogen and oxygen atoms in total. The highest BCUT2D eigenvalue weighted by atomic mass is 16.1. The molecule has 0 amide bonds. The van der Waals surface area contributed by atoms with Gasteiger partial charge in [0, 0.05) is 24.6 Å². The zero-order valence-corrected chi connectivity index (χ0v) is 8.42. The Morgan fingerprint density at radius 1 is 1.57 bits per heavy atom. The van der Waals surface area contributed by atoms with Gasteiger partial charge in [0.25, 0.3) is 0 Å². The molecule has 0 spiro atoms. The van der Waals surface area contributed by atoms with Crippen LogP contribution in [0.15, 0.2) is 18.2 Å². The second-order valence-corrected chi connectivity index (χ2v) is 3.72. The first-order chi connectivity index (χ1) is 6.86. The van der Waals surface area contributed by atoms with Crippen LogP contribution in [-0.4, -0.2) is 12.8 Å². The van der Waals surface area contributed by atoms with Crippen LogP contribution in [0.4, 0.5) is 5.69 Å². The third-order valence-corrected chi connectivity index (χ3v) is 2.91. The number of para-hydroxylation sites is 1. The van der Waals surface area contributed by atoms with Crippen molar-refractivity contribution in [2.24, 2.45) is 0 Å². The number of carbonyl (C=O) groups excluding carboxylic acids is 1. The first kappa shape index (κ1) is 9.25. The molecule has 0 aliphatic carbocycles. The van der Waals surface area contributed by atoms with Gasteiger partial charge in [0.2, 0.25) is 0 Å². The van der Waals surface area contributed by atoms with Crippen LogP contribution in [0.25, 0.3) is 0 Å². The van der Waals surface area contributed by atoms with Crippen LogP contribution in [0.1, 0.15) is 30.4 Å². The Morgan fingerprint density at radius 3 is 3.14 bits per heavy atom. The summed E-state index contributed by atoms with van der Waals surface area (Å²) < 4.78 is 0. The van der Waals surface area contributed by atoms with Crippen molar-refractivity contribution in [3.05, 3.63) is 29.3 Å². The van der Waals surface area contributed by atoms with Crippen LogP contribution >= 0.6 is 0 Å². The number of aldehydes is 1. The van der Waals surface area contributed by atoms with E-state index in [9.17, 15) is 4.79 Å². The molecular weight excluding hydrogens is 174 g/mol. The lowest BCUT2D eigenvalue weighted by molar-refractivity contribution is -0.108. The molecule has 2 rings (SSSR count). The van der Waals surface area contributed by atoms with Gasteiger partial charge in [-0.2, -0.15) is 0 Å². The number of hydrogen-bond donors (Lipinski definition) is 1. The molecule has 0 saturated heterocycles. The summed E-state index contributed by atoms with van der Waals surface area (Å²) in [6, 6.07) is 6.36. The van der Waals surface area contributed by atoms with E-state index in [0.717, 1.165) is 19.3 Å². The molecule has 0 saturated carbocycles. The molecule has 0 radical (unpaired) electrons. The maximum absolute atomic E-state index is 10.5. The van der Waals surface area contributed by atoms with Crippen molar-refractivity contribution >= 4 is 12.0 Å². The Bertz CT molecular complexity index is 346. The predicted molar refractivity (Wildman–Crippen MR) is 57.7 cm³/mol. The third-order valence-electron chi connectivity index (χ3n) is 2.91. The zero-order chi connectivity index (χ0) is 9.97. The molecule has 0 aromatic heterocycles. The van der Waals surface area contributed by atoms with E-state index in [1.54, 1.807) is 0 Å². The molecule has 0 bridgehead atoms. The normalized spacial score (nSPS) is 18.8. The summed E-state index contributed by atoms with van der Waals surface area (Å²) in [6.07, 6.45) is 2.69. The first-order valence-corrected chi connectivity index (χ1v) is 5.16. The Balaban J connectivity index is 2.36. The van der Waals surface area contributed by atoms with Crippen molar-refractivity contribution in [3.63, 3.8) is 0 Å². The number of anilines is 1. The van der Waals surface area contributed by atoms with Gasteiger partial charge in [-0.25, -0.2) is 0 Å². The van der Waals surface area contributed by atoms with Crippen molar-refractivity contribution in [2.45, 2.75) is 25.7 Å². The van der Waals surface area contributed by atoms with Gasteiger partial charge in [-0.05, 0) is 17.5 Å². The minimum absolute atomic E-state index is 0.383. The Hall–Kier alpha value is -1.31. The van der Waals surface area contributed by atoms with Crippen LogP contribution in [0.3, 0.4) is 0 Å². The van der Waals surface area contributed by atoms with Gasteiger partial charge in [0.1, 0.15) is 6.29 Å². The minimum atomic E-state index is 0.383. The van der Waals surface area contributed by atoms with Crippen molar-refractivity contribution < 1.29 is 4.79 Å². The average Bonchev–Trinajstić information content (AvgIpc) is 2.62. The fourth-order valence-electron chi connectivity index (χ4n) is 2.13. The number of benzene rings is 1. The van der Waals surface area contributed by atoms with E-state index in [0.29, 0.717) is 12.3 Å². The monoisotopic (exact) mass is 189 g/mol. The van der Waals surface area contributed by atoms with Crippen LogP contribution in [0.5, 0.6) is 0 Å². The molecule has 1 aromatic carbocycles. The highest BCUT2D eigenvalue weighted by Crippen LogP contribution is 2.35. The molecule has 1 N–H and O–H groups in total. The van der Waals surface area contributed by atoms with E-state index in [1.165, 1.54) is 16.8 Å². The number of hydrogen-bond acceptors (Lipinski definition) is 2. The molecule has 0 fully saturated rings. The predicted octanol–water partition coefficient (Wildman–Crippen LogP) is 2.35. The van der Waals surface area contributed by atoms with E-state index in [-0.39, 0.29) is 0 Å². The number of carbonyl (C=O) groups is 1. The lowest BCUT2D eigenvalue weighted by Gasteiger charge is -2.07. The number of nitrogens with one attached hydrogen (secondary N) is 1. The fourth-order valence-corrected chi connectivity index (χ4v) is 2.13. The van der Waals surface area contributed by atoms with Crippen molar-refractivity contribution in [3.8, 4) is 0 Å². The third kappa shape index (κ3) is 1.41. The van der Waals surface area contributed by atoms with Crippen LogP contribution < -0.4 is 5.32 Å². The SMILES string of the molecule is CCc1cccc2c1NCC2CC=O. The highest BCUT2D eigenvalue weighted by Gasteiger charge is 2.22. The molecule has 1 unspecified atom stereocenters. The number of rotatable bonds is 3. The molecule has 1 atom stereocenters. The van der Waals surface area contributed by atoms with Crippen molar-refractivity contribution in [1.82, 2.24) is 0 Å². The summed E-state index contributed by atoms with van der Waals surface area (Å²) in [4.78, 5) is 10.5. The lowest BCUT2D eigenvalue weighted by atomic mass is 9.96. The average molecular weight is 189 g/mol. The quantitative estimate of drug-likeness (QED) is 0.739. The second-order valence-electron chi connectivity index (χ2n) is 3.72. The number of aryl methyl sites for hydroxylation is 1. The number of fused-ring (bicyclic) bond motifs is 1. The zero-order valence-electron chi connectivity index (χ0n) is 8.42.